The van der Waals surface area contributed by atoms with Crippen LogP contribution in [-0.4, -0.2) is 30.9 Å². The second-order valence-corrected chi connectivity index (χ2v) is 5.86. The zero-order valence-corrected chi connectivity index (χ0v) is 13.3. The fourth-order valence-corrected chi connectivity index (χ4v) is 3.02. The lowest BCUT2D eigenvalue weighted by molar-refractivity contribution is 0.174. The fourth-order valence-electron chi connectivity index (χ4n) is 3.02. The molecule has 0 fully saturated rings. The number of nitrogens with zero attached hydrogens (tertiary/aromatic N) is 5. The molecule has 0 N–H and O–H groups in total. The Morgan fingerprint density at radius 3 is 3.00 bits per heavy atom. The van der Waals surface area contributed by atoms with Gasteiger partial charge in [0.25, 0.3) is 11.3 Å². The van der Waals surface area contributed by atoms with Crippen molar-refractivity contribution in [1.29, 1.82) is 0 Å². The van der Waals surface area contributed by atoms with Crippen LogP contribution in [0.1, 0.15) is 11.4 Å². The Kier molecular flexibility index (Phi) is 2.81. The standard InChI is InChI=1S/C17H13N5O3/c1-10-19-17-18-7-12-13(22(17)20-10)4-5-21(16(12)23)8-11-2-3-14-15(6-11)25-9-24-14/h2-7H,8-9H2,1H3. The van der Waals surface area contributed by atoms with Gasteiger partial charge < -0.3 is 14.0 Å². The molecule has 25 heavy (non-hydrogen) atoms. The molecule has 0 aliphatic carbocycles. The lowest BCUT2D eigenvalue weighted by atomic mass is 10.2. The molecule has 5 rings (SSSR count). The van der Waals surface area contributed by atoms with Gasteiger partial charge in [0.05, 0.1) is 17.4 Å². The number of rotatable bonds is 2. The van der Waals surface area contributed by atoms with Gasteiger partial charge in [-0.3, -0.25) is 4.79 Å². The molecule has 8 heteroatoms. The number of hydrogen-bond donors (Lipinski definition) is 0. The molecule has 0 amide bonds. The molecule has 0 saturated carbocycles. The Balaban J connectivity index is 1.61. The highest BCUT2D eigenvalue weighted by molar-refractivity contribution is 5.78. The molecular weight excluding hydrogens is 322 g/mol. The van der Waals surface area contributed by atoms with Crippen molar-refractivity contribution >= 4 is 16.7 Å². The van der Waals surface area contributed by atoms with E-state index in [0.717, 1.165) is 11.3 Å². The average Bonchev–Trinajstić information content (AvgIpc) is 3.22. The van der Waals surface area contributed by atoms with Gasteiger partial charge >= 0.3 is 0 Å². The Morgan fingerprint density at radius 2 is 2.08 bits per heavy atom. The largest absolute Gasteiger partial charge is 0.454 e. The topological polar surface area (TPSA) is 83.5 Å². The molecule has 0 saturated heterocycles. The number of aryl methyl sites for hydroxylation is 1. The van der Waals surface area contributed by atoms with E-state index in [0.29, 0.717) is 34.8 Å². The maximum atomic E-state index is 12.8. The predicted molar refractivity (Wildman–Crippen MR) is 89.0 cm³/mol. The summed E-state index contributed by atoms with van der Waals surface area (Å²) < 4.78 is 13.9. The maximum Gasteiger partial charge on any atom is 0.261 e. The fraction of sp³-hybridized carbons (Fsp3) is 0.176. The van der Waals surface area contributed by atoms with Crippen molar-refractivity contribution in [3.63, 3.8) is 0 Å². The second kappa shape index (κ2) is 5.04. The molecule has 1 aliphatic rings. The molecule has 4 heterocycles. The number of pyridine rings is 1. The molecule has 0 spiro atoms. The molecule has 8 nitrogen and oxygen atoms in total. The smallest absolute Gasteiger partial charge is 0.261 e. The van der Waals surface area contributed by atoms with Crippen LogP contribution in [0.2, 0.25) is 0 Å². The van der Waals surface area contributed by atoms with E-state index in [9.17, 15) is 4.79 Å². The summed E-state index contributed by atoms with van der Waals surface area (Å²) in [5.41, 5.74) is 1.52. The van der Waals surface area contributed by atoms with Crippen LogP contribution >= 0.6 is 0 Å². The molecule has 4 aromatic rings. The zero-order chi connectivity index (χ0) is 17.0. The molecule has 1 aliphatic heterocycles. The van der Waals surface area contributed by atoms with Gasteiger partial charge in [-0.15, -0.1) is 5.10 Å². The van der Waals surface area contributed by atoms with E-state index in [4.69, 9.17) is 9.47 Å². The van der Waals surface area contributed by atoms with Gasteiger partial charge in [-0.05, 0) is 30.7 Å². The molecule has 0 radical (unpaired) electrons. The first-order valence-corrected chi connectivity index (χ1v) is 7.79. The highest BCUT2D eigenvalue weighted by atomic mass is 16.7. The third kappa shape index (κ3) is 2.14. The summed E-state index contributed by atoms with van der Waals surface area (Å²) in [7, 11) is 0. The van der Waals surface area contributed by atoms with Gasteiger partial charge in [0, 0.05) is 12.4 Å². The van der Waals surface area contributed by atoms with Crippen LogP contribution in [0, 0.1) is 6.92 Å². The van der Waals surface area contributed by atoms with Crippen molar-refractivity contribution in [2.45, 2.75) is 13.5 Å². The van der Waals surface area contributed by atoms with Crippen molar-refractivity contribution in [2.24, 2.45) is 0 Å². The van der Waals surface area contributed by atoms with E-state index in [1.54, 1.807) is 28.4 Å². The van der Waals surface area contributed by atoms with Crippen LogP contribution in [0.15, 0.2) is 41.5 Å². The molecule has 0 unspecified atom stereocenters. The van der Waals surface area contributed by atoms with E-state index in [-0.39, 0.29) is 12.4 Å². The minimum absolute atomic E-state index is 0.127. The Morgan fingerprint density at radius 1 is 1.20 bits per heavy atom. The zero-order valence-electron chi connectivity index (χ0n) is 13.3. The van der Waals surface area contributed by atoms with Crippen molar-refractivity contribution in [1.82, 2.24) is 24.1 Å². The van der Waals surface area contributed by atoms with Gasteiger partial charge in [0.15, 0.2) is 11.5 Å². The van der Waals surface area contributed by atoms with Gasteiger partial charge in [0.2, 0.25) is 6.79 Å². The van der Waals surface area contributed by atoms with Crippen LogP contribution in [0.4, 0.5) is 0 Å². The lowest BCUT2D eigenvalue weighted by Crippen LogP contribution is -2.21. The quantitative estimate of drug-likeness (QED) is 0.552. The van der Waals surface area contributed by atoms with Gasteiger partial charge in [-0.2, -0.15) is 9.50 Å². The van der Waals surface area contributed by atoms with Crippen molar-refractivity contribution < 1.29 is 9.47 Å². The number of ether oxygens (including phenoxy) is 2. The van der Waals surface area contributed by atoms with Crippen LogP contribution in [-0.2, 0) is 6.54 Å². The molecule has 1 aromatic carbocycles. The van der Waals surface area contributed by atoms with E-state index in [2.05, 4.69) is 15.1 Å². The number of aromatic nitrogens is 5. The van der Waals surface area contributed by atoms with E-state index in [1.165, 1.54) is 0 Å². The first kappa shape index (κ1) is 14.0. The van der Waals surface area contributed by atoms with E-state index < -0.39 is 0 Å². The summed E-state index contributed by atoms with van der Waals surface area (Å²) in [6, 6.07) is 7.52. The normalized spacial score (nSPS) is 13.0. The summed E-state index contributed by atoms with van der Waals surface area (Å²) in [6.07, 6.45) is 3.31. The number of fused-ring (bicyclic) bond motifs is 4. The minimum atomic E-state index is -0.127. The first-order chi connectivity index (χ1) is 12.2. The predicted octanol–water partition coefficient (Wildman–Crippen LogP) is 1.52. The van der Waals surface area contributed by atoms with Crippen LogP contribution in [0.25, 0.3) is 16.7 Å². The second-order valence-electron chi connectivity index (χ2n) is 5.86. The monoisotopic (exact) mass is 335 g/mol. The average molecular weight is 335 g/mol. The summed E-state index contributed by atoms with van der Waals surface area (Å²) in [4.78, 5) is 21.3. The SMILES string of the molecule is Cc1nc2ncc3c(=O)n(Cc4ccc5c(c4)OCO5)ccc3n2n1. The highest BCUT2D eigenvalue weighted by Gasteiger charge is 2.14. The molecular formula is C17H13N5O3. The van der Waals surface area contributed by atoms with Gasteiger partial charge in [-0.1, -0.05) is 6.07 Å². The number of benzene rings is 1. The molecule has 0 atom stereocenters. The molecule has 124 valence electrons. The Labute approximate surface area is 141 Å². The van der Waals surface area contributed by atoms with Crippen molar-refractivity contribution in [3.8, 4) is 11.5 Å². The number of hydrogen-bond acceptors (Lipinski definition) is 6. The van der Waals surface area contributed by atoms with Crippen molar-refractivity contribution in [2.75, 3.05) is 6.79 Å². The molecule has 0 bridgehead atoms. The summed E-state index contributed by atoms with van der Waals surface area (Å²) in [5, 5.41) is 4.80. The Bertz CT molecular complexity index is 1190. The third-order valence-corrected chi connectivity index (χ3v) is 4.20. The van der Waals surface area contributed by atoms with Crippen molar-refractivity contribution in [3.05, 3.63) is 58.4 Å². The van der Waals surface area contributed by atoms with Gasteiger partial charge in [0.1, 0.15) is 5.82 Å². The van der Waals surface area contributed by atoms with E-state index >= 15 is 0 Å². The van der Waals surface area contributed by atoms with Crippen LogP contribution < -0.4 is 15.0 Å². The van der Waals surface area contributed by atoms with E-state index in [1.807, 2.05) is 24.3 Å². The Hall–Kier alpha value is -3.42. The third-order valence-electron chi connectivity index (χ3n) is 4.20. The summed E-state index contributed by atoms with van der Waals surface area (Å²) in [5.74, 6) is 2.53. The summed E-state index contributed by atoms with van der Waals surface area (Å²) in [6.45, 7) is 2.45. The lowest BCUT2D eigenvalue weighted by Gasteiger charge is -2.08. The highest BCUT2D eigenvalue weighted by Crippen LogP contribution is 2.32. The van der Waals surface area contributed by atoms with Gasteiger partial charge in [-0.25, -0.2) is 4.98 Å². The molecule has 3 aromatic heterocycles. The summed E-state index contributed by atoms with van der Waals surface area (Å²) >= 11 is 0. The van der Waals surface area contributed by atoms with Crippen LogP contribution in [0.3, 0.4) is 0 Å². The van der Waals surface area contributed by atoms with Crippen LogP contribution in [0.5, 0.6) is 11.5 Å². The maximum absolute atomic E-state index is 12.8. The first-order valence-electron chi connectivity index (χ1n) is 7.79. The minimum Gasteiger partial charge on any atom is -0.454 e.